The Morgan fingerprint density at radius 3 is 2.71 bits per heavy atom. The van der Waals surface area contributed by atoms with Crippen molar-refractivity contribution in [3.05, 3.63) is 35.5 Å². The summed E-state index contributed by atoms with van der Waals surface area (Å²) in [5, 5.41) is 5.12. The lowest BCUT2D eigenvalue weighted by molar-refractivity contribution is -0.133. The van der Waals surface area contributed by atoms with Crippen LogP contribution in [0.2, 0.25) is 5.02 Å². The number of ether oxygens (including phenoxy) is 1. The van der Waals surface area contributed by atoms with E-state index in [1.54, 1.807) is 17.9 Å². The second-order valence-electron chi connectivity index (χ2n) is 5.93. The first-order valence-electron chi connectivity index (χ1n) is 7.90. The average molecular weight is 349 g/mol. The third-order valence-corrected chi connectivity index (χ3v) is 4.47. The molecule has 1 aromatic carbocycles. The number of hydrogen-bond acceptors (Lipinski definition) is 4. The Bertz CT molecular complexity index is 723. The molecule has 1 aromatic heterocycles. The second-order valence-corrected chi connectivity index (χ2v) is 6.36. The SMILES string of the molecule is COc1ccc(Cl)cc1-c1ccn(CC(=O)N2CCN(C)CC2)n1. The van der Waals surface area contributed by atoms with E-state index >= 15 is 0 Å². The molecule has 2 heterocycles. The molecule has 6 nitrogen and oxygen atoms in total. The summed E-state index contributed by atoms with van der Waals surface area (Å²) in [6.45, 7) is 3.61. The van der Waals surface area contributed by atoms with Crippen LogP contribution in [0, 0.1) is 0 Å². The van der Waals surface area contributed by atoms with Gasteiger partial charge in [-0.15, -0.1) is 0 Å². The van der Waals surface area contributed by atoms with E-state index in [0.29, 0.717) is 10.8 Å². The van der Waals surface area contributed by atoms with Crippen molar-refractivity contribution in [1.82, 2.24) is 19.6 Å². The van der Waals surface area contributed by atoms with Gasteiger partial charge in [-0.05, 0) is 31.3 Å². The van der Waals surface area contributed by atoms with E-state index in [1.165, 1.54) is 0 Å². The summed E-state index contributed by atoms with van der Waals surface area (Å²) in [6.07, 6.45) is 1.81. The van der Waals surface area contributed by atoms with Gasteiger partial charge in [0.2, 0.25) is 5.91 Å². The summed E-state index contributed by atoms with van der Waals surface area (Å²) in [5.41, 5.74) is 1.55. The van der Waals surface area contributed by atoms with Gasteiger partial charge in [0.15, 0.2) is 0 Å². The molecule has 0 bridgehead atoms. The summed E-state index contributed by atoms with van der Waals surface area (Å²) in [5.74, 6) is 0.797. The zero-order valence-electron chi connectivity index (χ0n) is 13.9. The minimum Gasteiger partial charge on any atom is -0.496 e. The van der Waals surface area contributed by atoms with Gasteiger partial charge in [-0.3, -0.25) is 9.48 Å². The first-order valence-corrected chi connectivity index (χ1v) is 8.28. The number of carbonyl (C=O) groups excluding carboxylic acids is 1. The molecule has 7 heteroatoms. The van der Waals surface area contributed by atoms with Crippen molar-refractivity contribution in [3.8, 4) is 17.0 Å². The van der Waals surface area contributed by atoms with Gasteiger partial charge >= 0.3 is 0 Å². The molecule has 0 radical (unpaired) electrons. The maximum Gasteiger partial charge on any atom is 0.244 e. The summed E-state index contributed by atoms with van der Waals surface area (Å²) in [7, 11) is 3.68. The average Bonchev–Trinajstić information content (AvgIpc) is 3.03. The molecule has 24 heavy (non-hydrogen) atoms. The molecule has 2 aromatic rings. The van der Waals surface area contributed by atoms with E-state index in [9.17, 15) is 4.79 Å². The predicted octanol–water partition coefficient (Wildman–Crippen LogP) is 1.99. The molecule has 1 aliphatic rings. The fraction of sp³-hybridized carbons (Fsp3) is 0.412. The van der Waals surface area contributed by atoms with Crippen molar-refractivity contribution in [3.63, 3.8) is 0 Å². The third-order valence-electron chi connectivity index (χ3n) is 4.23. The molecule has 0 aliphatic carbocycles. The van der Waals surface area contributed by atoms with Crippen LogP contribution in [-0.2, 0) is 11.3 Å². The Labute approximate surface area is 146 Å². The summed E-state index contributed by atoms with van der Waals surface area (Å²) in [4.78, 5) is 16.5. The number of piperazine rings is 1. The third kappa shape index (κ3) is 3.71. The molecule has 0 unspecified atom stereocenters. The Morgan fingerprint density at radius 1 is 1.25 bits per heavy atom. The van der Waals surface area contributed by atoms with Gasteiger partial charge in [0.05, 0.1) is 12.8 Å². The lowest BCUT2D eigenvalue weighted by Gasteiger charge is -2.32. The maximum absolute atomic E-state index is 12.4. The van der Waals surface area contributed by atoms with E-state index < -0.39 is 0 Å². The molecule has 0 spiro atoms. The van der Waals surface area contributed by atoms with Crippen molar-refractivity contribution < 1.29 is 9.53 Å². The standard InChI is InChI=1S/C17H21ClN4O2/c1-20-7-9-21(10-8-20)17(23)12-22-6-5-15(19-22)14-11-13(18)3-4-16(14)24-2/h3-6,11H,7-10,12H2,1-2H3. The van der Waals surface area contributed by atoms with Gasteiger partial charge in [-0.2, -0.15) is 5.10 Å². The number of benzene rings is 1. The number of rotatable bonds is 4. The van der Waals surface area contributed by atoms with Crippen LogP contribution in [0.5, 0.6) is 5.75 Å². The van der Waals surface area contributed by atoms with Gasteiger partial charge < -0.3 is 14.5 Å². The van der Waals surface area contributed by atoms with Crippen molar-refractivity contribution in [1.29, 1.82) is 0 Å². The zero-order valence-corrected chi connectivity index (χ0v) is 14.7. The number of likely N-dealkylation sites (N-methyl/N-ethyl adjacent to an activating group) is 1. The molecule has 0 atom stereocenters. The Balaban J connectivity index is 1.72. The molecular weight excluding hydrogens is 328 g/mol. The first kappa shape index (κ1) is 16.8. The Kier molecular flexibility index (Phi) is 5.06. The Hall–Kier alpha value is -2.05. The highest BCUT2D eigenvalue weighted by Crippen LogP contribution is 2.31. The predicted molar refractivity (Wildman–Crippen MR) is 93.3 cm³/mol. The summed E-state index contributed by atoms with van der Waals surface area (Å²) in [6, 6.07) is 7.27. The van der Waals surface area contributed by atoms with Crippen molar-refractivity contribution in [2.75, 3.05) is 40.3 Å². The van der Waals surface area contributed by atoms with Crippen LogP contribution >= 0.6 is 11.6 Å². The first-order chi connectivity index (χ1) is 11.6. The topological polar surface area (TPSA) is 50.6 Å². The minimum atomic E-state index is 0.0933. The molecular formula is C17H21ClN4O2. The maximum atomic E-state index is 12.4. The van der Waals surface area contributed by atoms with Crippen LogP contribution in [0.15, 0.2) is 30.5 Å². The van der Waals surface area contributed by atoms with E-state index in [2.05, 4.69) is 17.0 Å². The van der Waals surface area contributed by atoms with E-state index in [1.807, 2.05) is 29.3 Å². The number of methoxy groups -OCH3 is 1. The van der Waals surface area contributed by atoms with Gasteiger partial charge in [0, 0.05) is 43.0 Å². The summed E-state index contributed by atoms with van der Waals surface area (Å²) >= 11 is 6.07. The lowest BCUT2D eigenvalue weighted by atomic mass is 10.1. The highest BCUT2D eigenvalue weighted by atomic mass is 35.5. The van der Waals surface area contributed by atoms with Crippen LogP contribution in [0.1, 0.15) is 0 Å². The molecule has 0 saturated carbocycles. The van der Waals surface area contributed by atoms with Crippen molar-refractivity contribution in [2.24, 2.45) is 0 Å². The van der Waals surface area contributed by atoms with Gasteiger partial charge in [0.25, 0.3) is 0 Å². The normalized spacial score (nSPS) is 15.5. The number of nitrogens with zero attached hydrogens (tertiary/aromatic N) is 4. The molecule has 0 N–H and O–H groups in total. The van der Waals surface area contributed by atoms with Gasteiger partial charge in [-0.1, -0.05) is 11.6 Å². The van der Waals surface area contributed by atoms with E-state index in [4.69, 9.17) is 16.3 Å². The van der Waals surface area contributed by atoms with Crippen molar-refractivity contribution in [2.45, 2.75) is 6.54 Å². The second kappa shape index (κ2) is 7.23. The van der Waals surface area contributed by atoms with Gasteiger partial charge in [-0.25, -0.2) is 0 Å². The lowest BCUT2D eigenvalue weighted by Crippen LogP contribution is -2.48. The number of hydrogen-bond donors (Lipinski definition) is 0. The van der Waals surface area contributed by atoms with Gasteiger partial charge in [0.1, 0.15) is 12.3 Å². The van der Waals surface area contributed by atoms with E-state index in [-0.39, 0.29) is 12.5 Å². The quantitative estimate of drug-likeness (QED) is 0.848. The van der Waals surface area contributed by atoms with Crippen LogP contribution in [0.3, 0.4) is 0 Å². The smallest absolute Gasteiger partial charge is 0.244 e. The van der Waals surface area contributed by atoms with Crippen LogP contribution in [0.25, 0.3) is 11.3 Å². The minimum absolute atomic E-state index is 0.0933. The van der Waals surface area contributed by atoms with Crippen LogP contribution in [-0.4, -0.2) is 65.8 Å². The largest absolute Gasteiger partial charge is 0.496 e. The fourth-order valence-corrected chi connectivity index (χ4v) is 2.94. The number of halogens is 1. The van der Waals surface area contributed by atoms with Crippen molar-refractivity contribution >= 4 is 17.5 Å². The van der Waals surface area contributed by atoms with Crippen LogP contribution < -0.4 is 4.74 Å². The molecule has 1 amide bonds. The zero-order chi connectivity index (χ0) is 17.1. The Morgan fingerprint density at radius 2 is 2.00 bits per heavy atom. The molecule has 1 fully saturated rings. The summed E-state index contributed by atoms with van der Waals surface area (Å²) < 4.78 is 7.03. The molecule has 1 saturated heterocycles. The highest BCUT2D eigenvalue weighted by Gasteiger charge is 2.19. The number of carbonyl (C=O) groups is 1. The van der Waals surface area contributed by atoms with Crippen LogP contribution in [0.4, 0.5) is 0 Å². The fourth-order valence-electron chi connectivity index (χ4n) is 2.77. The monoisotopic (exact) mass is 348 g/mol. The molecule has 3 rings (SSSR count). The van der Waals surface area contributed by atoms with E-state index in [0.717, 1.165) is 37.4 Å². The number of aromatic nitrogens is 2. The number of amides is 1. The highest BCUT2D eigenvalue weighted by molar-refractivity contribution is 6.30. The molecule has 128 valence electrons. The molecule has 1 aliphatic heterocycles.